The Balaban J connectivity index is 2.42. The van der Waals surface area contributed by atoms with E-state index in [2.05, 4.69) is 31.9 Å². The predicted octanol–water partition coefficient (Wildman–Crippen LogP) is -0.952. The summed E-state index contributed by atoms with van der Waals surface area (Å²) in [4.78, 5) is 155. The highest BCUT2D eigenvalue weighted by atomic mass is 16.6. The average molecular weight is 947 g/mol. The maximum absolute atomic E-state index is 14.6. The highest BCUT2D eigenvalue weighted by Gasteiger charge is 2.44. The zero-order valence-corrected chi connectivity index (χ0v) is 38.3. The lowest BCUT2D eigenvalue weighted by atomic mass is 9.98. The first-order chi connectivity index (χ1) is 31.4. The molecule has 1 fully saturated rings. The van der Waals surface area contributed by atoms with Crippen LogP contribution in [0.5, 0.6) is 5.75 Å². The number of para-hydroxylation sites is 1. The largest absolute Gasteiger partial charge is 0.481 e. The Morgan fingerprint density at radius 2 is 1.22 bits per heavy atom. The standard InChI is InChI=1S/C43H62N8O16/c1-7-11-27(36(59)41(64)44-20-33(57)58)47-39(62)30-18-25(19-45-43(66)67-26-12-9-8-10-13-26)21-51(30)42(65)35(23(4)5)50-40(63)34(22(2)3)49-38(61)29(15-17-32(55)56)48-37(60)28(46-24(6)52)14-16-31(53)54/h8-10,12-13,22-23,25,27-30,34-35H,7,11,14-21H2,1-6H3,(H,44,64)(H,45,66)(H,46,52)(H,47,62)(H,48,60)(H,49,61)(H,50,63)(H,53,54)(H,55,56)(H,57,58)/t25-,27-,28-,29-,30-,34-,35-/m0/s1. The minimum Gasteiger partial charge on any atom is -0.481 e. The number of ketones is 1. The van der Waals surface area contributed by atoms with Gasteiger partial charge in [-0.3, -0.25) is 52.7 Å². The summed E-state index contributed by atoms with van der Waals surface area (Å²) in [5.74, 6) is -13.3. The van der Waals surface area contributed by atoms with Gasteiger partial charge in [-0.2, -0.15) is 0 Å². The molecule has 10 N–H and O–H groups in total. The van der Waals surface area contributed by atoms with Crippen LogP contribution in [0.3, 0.4) is 0 Å². The average Bonchev–Trinajstić information content (AvgIpc) is 3.69. The quantitative estimate of drug-likeness (QED) is 0.0475. The van der Waals surface area contributed by atoms with E-state index in [0.717, 1.165) is 11.8 Å². The number of hydrogen-bond acceptors (Lipinski definition) is 13. The Labute approximate surface area is 386 Å². The minimum atomic E-state index is -1.59. The number of hydrogen-bond donors (Lipinski definition) is 10. The molecule has 0 saturated carbocycles. The van der Waals surface area contributed by atoms with Gasteiger partial charge < -0.3 is 62.2 Å². The van der Waals surface area contributed by atoms with Crippen LogP contribution >= 0.6 is 0 Å². The molecule has 24 heteroatoms. The van der Waals surface area contributed by atoms with Gasteiger partial charge in [-0.15, -0.1) is 0 Å². The van der Waals surface area contributed by atoms with Gasteiger partial charge in [0, 0.05) is 32.9 Å². The van der Waals surface area contributed by atoms with Crippen LogP contribution in [0.2, 0.25) is 0 Å². The summed E-state index contributed by atoms with van der Waals surface area (Å²) in [6, 6.07) is -0.405. The van der Waals surface area contributed by atoms with E-state index in [-0.39, 0.29) is 38.1 Å². The number of ether oxygens (including phenoxy) is 1. The van der Waals surface area contributed by atoms with Crippen LogP contribution in [-0.4, -0.2) is 147 Å². The predicted molar refractivity (Wildman–Crippen MR) is 233 cm³/mol. The van der Waals surface area contributed by atoms with Crippen LogP contribution in [0.1, 0.15) is 86.5 Å². The molecule has 370 valence electrons. The summed E-state index contributed by atoms with van der Waals surface area (Å²) in [6.07, 6.45) is -2.63. The Bertz CT molecular complexity index is 1980. The third kappa shape index (κ3) is 19.1. The summed E-state index contributed by atoms with van der Waals surface area (Å²) in [7, 11) is 0. The molecule has 0 spiro atoms. The third-order valence-electron chi connectivity index (χ3n) is 10.4. The number of carboxylic acids is 3. The number of likely N-dealkylation sites (tertiary alicyclic amines) is 1. The molecule has 8 amide bonds. The number of benzene rings is 1. The molecule has 1 aliphatic heterocycles. The number of carboxylic acid groups (broad SMARTS) is 3. The highest BCUT2D eigenvalue weighted by molar-refractivity contribution is 6.38. The summed E-state index contributed by atoms with van der Waals surface area (Å²) in [5, 5.41) is 44.3. The fraction of sp³-hybridized carbons (Fsp3) is 0.581. The van der Waals surface area contributed by atoms with Crippen molar-refractivity contribution in [1.82, 2.24) is 42.1 Å². The number of amides is 8. The van der Waals surface area contributed by atoms with Gasteiger partial charge >= 0.3 is 24.0 Å². The van der Waals surface area contributed by atoms with Gasteiger partial charge in [0.05, 0.1) is 6.04 Å². The summed E-state index contributed by atoms with van der Waals surface area (Å²) < 4.78 is 5.29. The molecule has 0 unspecified atom stereocenters. The zero-order chi connectivity index (χ0) is 50.5. The lowest BCUT2D eigenvalue weighted by Gasteiger charge is -2.33. The van der Waals surface area contributed by atoms with Crippen LogP contribution in [-0.2, 0) is 52.7 Å². The van der Waals surface area contributed by atoms with Crippen LogP contribution in [0.25, 0.3) is 0 Å². The van der Waals surface area contributed by atoms with E-state index >= 15 is 0 Å². The van der Waals surface area contributed by atoms with Crippen LogP contribution in [0, 0.1) is 17.8 Å². The molecule has 1 saturated heterocycles. The minimum absolute atomic E-state index is 0.0313. The van der Waals surface area contributed by atoms with Gasteiger partial charge in [-0.05, 0) is 55.6 Å². The SMILES string of the molecule is CCC[C@H](NC(=O)[C@@H]1C[C@@H](CNC(=O)Oc2ccccc2)CN1C(=O)[C@@H](NC(=O)[C@@H](NC(=O)[C@H](CCC(=O)O)NC(=O)[C@H](CCC(=O)O)NC(C)=O)C(C)C)C(C)C)C(=O)C(=O)NCC(=O)O. The molecule has 7 atom stereocenters. The first kappa shape index (κ1) is 56.0. The molecule has 24 nitrogen and oxygen atoms in total. The molecule has 67 heavy (non-hydrogen) atoms. The van der Waals surface area contributed by atoms with Crippen molar-refractivity contribution in [1.29, 1.82) is 0 Å². The number of carbonyl (C=O) groups excluding carboxylic acids is 9. The fourth-order valence-corrected chi connectivity index (χ4v) is 6.96. The molecule has 1 aromatic carbocycles. The lowest BCUT2D eigenvalue weighted by molar-refractivity contribution is -0.145. The van der Waals surface area contributed by atoms with Gasteiger partial charge in [0.2, 0.25) is 41.2 Å². The second-order valence-corrected chi connectivity index (χ2v) is 16.6. The van der Waals surface area contributed by atoms with E-state index in [1.807, 2.05) is 5.32 Å². The first-order valence-electron chi connectivity index (χ1n) is 21.7. The Morgan fingerprint density at radius 1 is 0.672 bits per heavy atom. The topological polar surface area (TPSA) is 362 Å². The van der Waals surface area contributed by atoms with E-state index in [1.165, 1.54) is 0 Å². The monoisotopic (exact) mass is 946 g/mol. The zero-order valence-electron chi connectivity index (χ0n) is 38.3. The molecular weight excluding hydrogens is 885 g/mol. The van der Waals surface area contributed by atoms with Gasteiger partial charge in [-0.25, -0.2) is 4.79 Å². The summed E-state index contributed by atoms with van der Waals surface area (Å²) >= 11 is 0. The smallest absolute Gasteiger partial charge is 0.412 e. The van der Waals surface area contributed by atoms with Crippen LogP contribution in [0.4, 0.5) is 4.79 Å². The summed E-state index contributed by atoms with van der Waals surface area (Å²) in [5.41, 5.74) is 0. The Morgan fingerprint density at radius 3 is 1.75 bits per heavy atom. The van der Waals surface area contributed by atoms with Gasteiger partial charge in [0.1, 0.15) is 42.5 Å². The van der Waals surface area contributed by atoms with Gasteiger partial charge in [0.15, 0.2) is 0 Å². The van der Waals surface area contributed by atoms with E-state index in [0.29, 0.717) is 6.42 Å². The van der Waals surface area contributed by atoms with Crippen LogP contribution in [0.15, 0.2) is 30.3 Å². The Kier molecular flexibility index (Phi) is 22.9. The fourth-order valence-electron chi connectivity index (χ4n) is 6.96. The lowest BCUT2D eigenvalue weighted by Crippen LogP contribution is -2.61. The molecule has 2 rings (SSSR count). The number of rotatable bonds is 27. The first-order valence-corrected chi connectivity index (χ1v) is 21.7. The van der Waals surface area contributed by atoms with Crippen molar-refractivity contribution in [3.8, 4) is 5.75 Å². The number of Topliss-reactive ketones (excluding diaryl/α,β-unsaturated/α-hetero) is 1. The molecule has 0 radical (unpaired) electrons. The molecule has 0 bridgehead atoms. The van der Waals surface area contributed by atoms with E-state index in [4.69, 9.17) is 14.9 Å². The van der Waals surface area contributed by atoms with Gasteiger partial charge in [0.25, 0.3) is 5.91 Å². The number of nitrogens with one attached hydrogen (secondary N) is 7. The molecule has 0 aliphatic carbocycles. The van der Waals surface area contributed by atoms with Crippen molar-refractivity contribution in [2.75, 3.05) is 19.6 Å². The van der Waals surface area contributed by atoms with Crippen molar-refractivity contribution in [2.24, 2.45) is 17.8 Å². The number of carbonyl (C=O) groups is 12. The highest BCUT2D eigenvalue weighted by Crippen LogP contribution is 2.26. The van der Waals surface area contributed by atoms with E-state index < -0.39 is 151 Å². The number of aliphatic carboxylic acids is 3. The molecule has 1 aromatic rings. The summed E-state index contributed by atoms with van der Waals surface area (Å²) in [6.45, 7) is 7.93. The second kappa shape index (κ2) is 27.4. The Hall–Kier alpha value is -7.14. The molecule has 0 aromatic heterocycles. The molecular formula is C43H62N8O16. The van der Waals surface area contributed by atoms with Crippen molar-refractivity contribution >= 4 is 71.1 Å². The number of nitrogens with zero attached hydrogens (tertiary/aromatic N) is 1. The molecule has 1 aliphatic rings. The van der Waals surface area contributed by atoms with Crippen molar-refractivity contribution < 1.29 is 77.6 Å². The second-order valence-electron chi connectivity index (χ2n) is 16.6. The maximum Gasteiger partial charge on any atom is 0.412 e. The van der Waals surface area contributed by atoms with Crippen molar-refractivity contribution in [3.05, 3.63) is 30.3 Å². The van der Waals surface area contributed by atoms with Gasteiger partial charge in [-0.1, -0.05) is 59.2 Å². The van der Waals surface area contributed by atoms with E-state index in [9.17, 15) is 62.6 Å². The molecule has 1 heterocycles. The van der Waals surface area contributed by atoms with Crippen molar-refractivity contribution in [2.45, 2.75) is 123 Å². The third-order valence-corrected chi connectivity index (χ3v) is 10.4. The maximum atomic E-state index is 14.6. The van der Waals surface area contributed by atoms with Crippen molar-refractivity contribution in [3.63, 3.8) is 0 Å². The normalized spacial score (nSPS) is 16.5. The van der Waals surface area contributed by atoms with Crippen LogP contribution < -0.4 is 42.0 Å². The van der Waals surface area contributed by atoms with E-state index in [1.54, 1.807) is 65.0 Å².